The second-order valence-corrected chi connectivity index (χ2v) is 6.80. The van der Waals surface area contributed by atoms with Gasteiger partial charge in [0.25, 0.3) is 5.91 Å². The van der Waals surface area contributed by atoms with Crippen molar-refractivity contribution in [2.24, 2.45) is 0 Å². The first-order chi connectivity index (χ1) is 11.2. The van der Waals surface area contributed by atoms with Gasteiger partial charge in [-0.05, 0) is 43.0 Å². The fourth-order valence-electron chi connectivity index (χ4n) is 2.82. The van der Waals surface area contributed by atoms with Crippen LogP contribution in [0.25, 0.3) is 0 Å². The maximum atomic E-state index is 12.3. The molecule has 0 aliphatic carbocycles. The molecule has 0 bridgehead atoms. The van der Waals surface area contributed by atoms with E-state index in [9.17, 15) is 4.79 Å². The van der Waals surface area contributed by atoms with E-state index in [1.54, 1.807) is 0 Å². The molecule has 1 aliphatic rings. The van der Waals surface area contributed by atoms with Gasteiger partial charge in [0.15, 0.2) is 0 Å². The minimum atomic E-state index is -0.0481. The number of rotatable bonds is 5. The molecule has 0 saturated carbocycles. The number of piperidine rings is 1. The van der Waals surface area contributed by atoms with Gasteiger partial charge < -0.3 is 16.4 Å². The molecule has 1 aromatic carbocycles. The molecule has 0 unspecified atom stereocenters. The molecule has 23 heavy (non-hydrogen) atoms. The summed E-state index contributed by atoms with van der Waals surface area (Å²) in [4.78, 5) is 12.3. The zero-order valence-corrected chi connectivity index (χ0v) is 13.7. The molecule has 0 spiro atoms. The molecule has 1 amide bonds. The molecule has 122 valence electrons. The van der Waals surface area contributed by atoms with Crippen molar-refractivity contribution in [3.63, 3.8) is 0 Å². The van der Waals surface area contributed by atoms with Gasteiger partial charge >= 0.3 is 0 Å². The Morgan fingerprint density at radius 3 is 3.09 bits per heavy atom. The highest BCUT2D eigenvalue weighted by Crippen LogP contribution is 2.23. The summed E-state index contributed by atoms with van der Waals surface area (Å²) < 4.78 is 0. The minimum Gasteiger partial charge on any atom is -0.374 e. The summed E-state index contributed by atoms with van der Waals surface area (Å²) in [6.45, 7) is 2.61. The molecule has 1 atom stereocenters. The number of carbonyl (C=O) groups is 1. The highest BCUT2D eigenvalue weighted by Gasteiger charge is 2.16. The zero-order chi connectivity index (χ0) is 16.1. The third-order valence-corrected chi connectivity index (χ3v) is 4.84. The monoisotopic (exact) mass is 331 g/mol. The maximum absolute atomic E-state index is 12.3. The lowest BCUT2D eigenvalue weighted by Crippen LogP contribution is -2.29. The summed E-state index contributed by atoms with van der Waals surface area (Å²) in [5.74, 6) is 0.453. The number of amides is 1. The summed E-state index contributed by atoms with van der Waals surface area (Å²) in [6.07, 6.45) is 3.01. The van der Waals surface area contributed by atoms with Crippen LogP contribution in [0.2, 0.25) is 0 Å². The van der Waals surface area contributed by atoms with Crippen molar-refractivity contribution in [1.29, 1.82) is 0 Å². The molecule has 0 radical (unpaired) electrons. The fourth-order valence-corrected chi connectivity index (χ4v) is 3.43. The number of nitrogen functional groups attached to an aromatic ring is 1. The summed E-state index contributed by atoms with van der Waals surface area (Å²) in [5, 5.41) is 15.4. The average Bonchev–Trinajstić information content (AvgIpc) is 3.01. The van der Waals surface area contributed by atoms with E-state index in [4.69, 9.17) is 5.73 Å². The molecule has 1 fully saturated rings. The number of benzene rings is 1. The average molecular weight is 331 g/mol. The van der Waals surface area contributed by atoms with Crippen molar-refractivity contribution < 1.29 is 4.79 Å². The Balaban J connectivity index is 1.56. The highest BCUT2D eigenvalue weighted by molar-refractivity contribution is 7.15. The van der Waals surface area contributed by atoms with Gasteiger partial charge in [-0.2, -0.15) is 0 Å². The third kappa shape index (κ3) is 4.27. The first-order valence-electron chi connectivity index (χ1n) is 7.89. The van der Waals surface area contributed by atoms with E-state index in [1.165, 1.54) is 29.7 Å². The van der Waals surface area contributed by atoms with Gasteiger partial charge in [-0.1, -0.05) is 23.5 Å². The standard InChI is InChI=1S/C16H21N5OS/c17-16-21-20-14(23-16)6-8-19-15(22)12-4-1-3-11(9-12)13-5-2-7-18-10-13/h1,3-4,9,13,18H,2,5-8,10H2,(H2,17,21)(H,19,22)/t13-/m0/s1. The number of hydrogen-bond donors (Lipinski definition) is 3. The molecule has 2 aromatic rings. The lowest BCUT2D eigenvalue weighted by Gasteiger charge is -2.23. The SMILES string of the molecule is Nc1nnc(CCNC(=O)c2cccc([C@H]3CCCNC3)c2)s1. The Morgan fingerprint density at radius 1 is 1.43 bits per heavy atom. The predicted molar refractivity (Wildman–Crippen MR) is 91.6 cm³/mol. The topological polar surface area (TPSA) is 92.9 Å². The number of aromatic nitrogens is 2. The Labute approximate surface area is 139 Å². The summed E-state index contributed by atoms with van der Waals surface area (Å²) in [5.41, 5.74) is 7.49. The van der Waals surface area contributed by atoms with Crippen LogP contribution in [0.5, 0.6) is 0 Å². The second kappa shape index (κ2) is 7.52. The van der Waals surface area contributed by atoms with Gasteiger partial charge in [0.2, 0.25) is 5.13 Å². The highest BCUT2D eigenvalue weighted by atomic mass is 32.1. The molecule has 3 rings (SSSR count). The number of nitrogens with two attached hydrogens (primary N) is 1. The van der Waals surface area contributed by atoms with E-state index in [0.29, 0.717) is 29.6 Å². The van der Waals surface area contributed by atoms with E-state index in [-0.39, 0.29) is 5.91 Å². The van der Waals surface area contributed by atoms with Crippen molar-refractivity contribution in [3.05, 3.63) is 40.4 Å². The van der Waals surface area contributed by atoms with Gasteiger partial charge in [0, 0.05) is 25.1 Å². The molecule has 2 heterocycles. The van der Waals surface area contributed by atoms with Crippen LogP contribution in [0, 0.1) is 0 Å². The van der Waals surface area contributed by atoms with Crippen LogP contribution < -0.4 is 16.4 Å². The van der Waals surface area contributed by atoms with Crippen molar-refractivity contribution in [2.75, 3.05) is 25.4 Å². The van der Waals surface area contributed by atoms with Gasteiger partial charge in [-0.25, -0.2) is 0 Å². The molecular weight excluding hydrogens is 310 g/mol. The van der Waals surface area contributed by atoms with Crippen molar-refractivity contribution in [2.45, 2.75) is 25.2 Å². The molecular formula is C16H21N5OS. The van der Waals surface area contributed by atoms with E-state index in [1.807, 2.05) is 18.2 Å². The van der Waals surface area contributed by atoms with Crippen LogP contribution in [-0.2, 0) is 6.42 Å². The lowest BCUT2D eigenvalue weighted by molar-refractivity contribution is 0.0954. The number of anilines is 1. The third-order valence-electron chi connectivity index (χ3n) is 4.02. The molecule has 1 saturated heterocycles. The Kier molecular flexibility index (Phi) is 5.19. The first kappa shape index (κ1) is 15.9. The summed E-state index contributed by atoms with van der Waals surface area (Å²) in [6, 6.07) is 7.94. The Bertz CT molecular complexity index is 666. The molecule has 1 aromatic heterocycles. The van der Waals surface area contributed by atoms with E-state index in [2.05, 4.69) is 26.9 Å². The normalized spacial score (nSPS) is 17.8. The van der Waals surface area contributed by atoms with Crippen LogP contribution in [-0.4, -0.2) is 35.7 Å². The predicted octanol–water partition coefficient (Wildman–Crippen LogP) is 1.56. The number of nitrogens with zero attached hydrogens (tertiary/aromatic N) is 2. The smallest absolute Gasteiger partial charge is 0.251 e. The number of nitrogens with one attached hydrogen (secondary N) is 2. The van der Waals surface area contributed by atoms with Gasteiger partial charge in [0.05, 0.1) is 0 Å². The van der Waals surface area contributed by atoms with E-state index < -0.39 is 0 Å². The Hall–Kier alpha value is -1.99. The van der Waals surface area contributed by atoms with Crippen LogP contribution in [0.4, 0.5) is 5.13 Å². The fraction of sp³-hybridized carbons (Fsp3) is 0.438. The van der Waals surface area contributed by atoms with Gasteiger partial charge in [-0.15, -0.1) is 10.2 Å². The quantitative estimate of drug-likeness (QED) is 0.773. The van der Waals surface area contributed by atoms with Crippen LogP contribution in [0.3, 0.4) is 0 Å². The van der Waals surface area contributed by atoms with Crippen molar-refractivity contribution in [3.8, 4) is 0 Å². The minimum absolute atomic E-state index is 0.0481. The summed E-state index contributed by atoms with van der Waals surface area (Å²) in [7, 11) is 0. The molecule has 6 nitrogen and oxygen atoms in total. The van der Waals surface area contributed by atoms with Crippen LogP contribution in [0.15, 0.2) is 24.3 Å². The summed E-state index contributed by atoms with van der Waals surface area (Å²) >= 11 is 1.35. The van der Waals surface area contributed by atoms with E-state index >= 15 is 0 Å². The number of carbonyl (C=O) groups excluding carboxylic acids is 1. The number of hydrogen-bond acceptors (Lipinski definition) is 6. The van der Waals surface area contributed by atoms with E-state index in [0.717, 1.165) is 18.1 Å². The maximum Gasteiger partial charge on any atom is 0.251 e. The van der Waals surface area contributed by atoms with Crippen molar-refractivity contribution >= 4 is 22.4 Å². The van der Waals surface area contributed by atoms with Gasteiger partial charge in [-0.3, -0.25) is 4.79 Å². The molecule has 7 heteroatoms. The van der Waals surface area contributed by atoms with Crippen LogP contribution in [0.1, 0.15) is 39.7 Å². The first-order valence-corrected chi connectivity index (χ1v) is 8.71. The Morgan fingerprint density at radius 2 is 2.35 bits per heavy atom. The lowest BCUT2D eigenvalue weighted by atomic mass is 9.90. The van der Waals surface area contributed by atoms with Crippen molar-refractivity contribution in [1.82, 2.24) is 20.8 Å². The zero-order valence-electron chi connectivity index (χ0n) is 12.9. The molecule has 4 N–H and O–H groups in total. The van der Waals surface area contributed by atoms with Gasteiger partial charge in [0.1, 0.15) is 5.01 Å². The van der Waals surface area contributed by atoms with Crippen LogP contribution >= 0.6 is 11.3 Å². The second-order valence-electron chi connectivity index (χ2n) is 5.71. The largest absolute Gasteiger partial charge is 0.374 e. The molecule has 1 aliphatic heterocycles.